The quantitative estimate of drug-likeness (QED) is 0.531. The van der Waals surface area contributed by atoms with Gasteiger partial charge < -0.3 is 9.47 Å². The Bertz CT molecular complexity index is 253. The van der Waals surface area contributed by atoms with Gasteiger partial charge in [0.25, 0.3) is 0 Å². The number of hydrogen-bond donors (Lipinski definition) is 0. The molecule has 0 N–H and O–H groups in total. The van der Waals surface area contributed by atoms with E-state index in [1.165, 1.54) is 19.1 Å². The van der Waals surface area contributed by atoms with Gasteiger partial charge in [0.15, 0.2) is 0 Å². The van der Waals surface area contributed by atoms with Crippen molar-refractivity contribution in [2.24, 2.45) is 5.92 Å². The van der Waals surface area contributed by atoms with E-state index >= 15 is 0 Å². The monoisotopic (exact) mass is 245 g/mol. The van der Waals surface area contributed by atoms with Crippen LogP contribution < -0.4 is 0 Å². The summed E-state index contributed by atoms with van der Waals surface area (Å²) in [6.07, 6.45) is 1.27. The number of ether oxygens (including phenoxy) is 2. The van der Waals surface area contributed by atoms with Crippen molar-refractivity contribution in [3.63, 3.8) is 0 Å². The number of nitrogens with zero attached hydrogens (tertiary/aromatic N) is 1. The van der Waals surface area contributed by atoms with Gasteiger partial charge in [0.2, 0.25) is 0 Å². The number of methoxy groups -OCH3 is 1. The van der Waals surface area contributed by atoms with Crippen molar-refractivity contribution in [1.82, 2.24) is 4.90 Å². The highest BCUT2D eigenvalue weighted by Gasteiger charge is 2.31. The number of hydrogen-bond acceptors (Lipinski definition) is 4. The summed E-state index contributed by atoms with van der Waals surface area (Å²) in [4.78, 5) is 24.5. The van der Waals surface area contributed by atoms with Crippen LogP contribution in [0.15, 0.2) is 0 Å². The van der Waals surface area contributed by atoms with E-state index < -0.39 is 12.1 Å². The summed E-state index contributed by atoms with van der Waals surface area (Å²) in [5, 5.41) is 0. The lowest BCUT2D eigenvalue weighted by Gasteiger charge is -2.28. The van der Waals surface area contributed by atoms with E-state index in [2.05, 4.69) is 4.74 Å². The molecule has 0 aromatic heterocycles. The lowest BCUT2D eigenvalue weighted by Crippen LogP contribution is -2.46. The van der Waals surface area contributed by atoms with Crippen LogP contribution in [0.2, 0.25) is 0 Å². The number of unbranched alkanes of at least 4 members (excludes halogenated alkanes) is 1. The maximum atomic E-state index is 11.8. The zero-order valence-corrected chi connectivity index (χ0v) is 11.4. The molecule has 0 heterocycles. The zero-order chi connectivity index (χ0) is 13.4. The summed E-state index contributed by atoms with van der Waals surface area (Å²) in [6, 6.07) is -0.598. The van der Waals surface area contributed by atoms with Crippen molar-refractivity contribution >= 4 is 12.1 Å². The second-order valence-corrected chi connectivity index (χ2v) is 4.29. The fourth-order valence-electron chi connectivity index (χ4n) is 1.54. The van der Waals surface area contributed by atoms with Crippen molar-refractivity contribution in [1.29, 1.82) is 0 Å². The first-order chi connectivity index (χ1) is 7.95. The van der Waals surface area contributed by atoms with E-state index in [0.29, 0.717) is 6.61 Å². The van der Waals surface area contributed by atoms with Gasteiger partial charge in [-0.05, 0) is 12.3 Å². The third-order valence-electron chi connectivity index (χ3n) is 2.50. The van der Waals surface area contributed by atoms with Gasteiger partial charge in [-0.3, -0.25) is 4.90 Å². The Kier molecular flexibility index (Phi) is 7.34. The number of esters is 1. The molecule has 0 aliphatic carbocycles. The van der Waals surface area contributed by atoms with Gasteiger partial charge in [-0.25, -0.2) is 9.59 Å². The van der Waals surface area contributed by atoms with Crippen LogP contribution in [0.4, 0.5) is 4.79 Å². The fourth-order valence-corrected chi connectivity index (χ4v) is 1.54. The first-order valence-electron chi connectivity index (χ1n) is 5.93. The minimum atomic E-state index is -0.598. The van der Waals surface area contributed by atoms with Crippen molar-refractivity contribution < 1.29 is 19.1 Å². The largest absolute Gasteiger partial charge is 0.464 e. The molecule has 0 fully saturated rings. The predicted molar refractivity (Wildman–Crippen MR) is 64.7 cm³/mol. The normalized spacial score (nSPS) is 12.1. The standard InChI is InChI=1S/C12H23NO4/c1-6-7-8-17-11(14)10(9(2)3)13(4)12(15)16-5/h9-10H,6-8H2,1-5H3. The second-order valence-electron chi connectivity index (χ2n) is 4.29. The average molecular weight is 245 g/mol. The molecule has 0 saturated carbocycles. The summed E-state index contributed by atoms with van der Waals surface area (Å²) < 4.78 is 9.73. The highest BCUT2D eigenvalue weighted by molar-refractivity contribution is 5.81. The molecular weight excluding hydrogens is 222 g/mol. The number of amides is 1. The second kappa shape index (κ2) is 7.92. The predicted octanol–water partition coefficient (Wildman–Crippen LogP) is 2.05. The molecule has 0 rings (SSSR count). The molecule has 1 amide bonds. The minimum Gasteiger partial charge on any atom is -0.464 e. The lowest BCUT2D eigenvalue weighted by atomic mass is 10.0. The molecule has 0 bridgehead atoms. The van der Waals surface area contributed by atoms with E-state index in [4.69, 9.17) is 4.74 Å². The van der Waals surface area contributed by atoms with Gasteiger partial charge in [0.1, 0.15) is 6.04 Å². The molecule has 0 aliphatic rings. The maximum absolute atomic E-state index is 11.8. The number of rotatable bonds is 6. The Labute approximate surface area is 103 Å². The number of likely N-dealkylation sites (N-methyl/N-ethyl adjacent to an activating group) is 1. The van der Waals surface area contributed by atoms with Crippen LogP contribution >= 0.6 is 0 Å². The molecule has 0 radical (unpaired) electrons. The van der Waals surface area contributed by atoms with Crippen LogP contribution in [-0.4, -0.2) is 43.8 Å². The summed E-state index contributed by atoms with van der Waals surface area (Å²) >= 11 is 0. The van der Waals surface area contributed by atoms with Crippen molar-refractivity contribution in [3.8, 4) is 0 Å². The SMILES string of the molecule is CCCCOC(=O)C(C(C)C)N(C)C(=O)OC. The lowest BCUT2D eigenvalue weighted by molar-refractivity contribution is -0.150. The van der Waals surface area contributed by atoms with Gasteiger partial charge in [-0.1, -0.05) is 27.2 Å². The summed E-state index contributed by atoms with van der Waals surface area (Å²) in [7, 11) is 2.83. The topological polar surface area (TPSA) is 55.8 Å². The van der Waals surface area contributed by atoms with E-state index in [-0.39, 0.29) is 11.9 Å². The van der Waals surface area contributed by atoms with Crippen LogP contribution in [0.5, 0.6) is 0 Å². The summed E-state index contributed by atoms with van der Waals surface area (Å²) in [6.45, 7) is 6.15. The van der Waals surface area contributed by atoms with E-state index in [0.717, 1.165) is 12.8 Å². The highest BCUT2D eigenvalue weighted by Crippen LogP contribution is 2.12. The van der Waals surface area contributed by atoms with Gasteiger partial charge >= 0.3 is 12.1 Å². The molecule has 5 heteroatoms. The van der Waals surface area contributed by atoms with Crippen LogP contribution in [0.1, 0.15) is 33.6 Å². The third-order valence-corrected chi connectivity index (χ3v) is 2.50. The third kappa shape index (κ3) is 5.06. The Morgan fingerprint density at radius 3 is 2.29 bits per heavy atom. The first kappa shape index (κ1) is 15.7. The molecule has 0 spiro atoms. The van der Waals surface area contributed by atoms with Gasteiger partial charge in [0, 0.05) is 7.05 Å². The minimum absolute atomic E-state index is 0.0202. The highest BCUT2D eigenvalue weighted by atomic mass is 16.6. The van der Waals surface area contributed by atoms with Crippen molar-refractivity contribution in [3.05, 3.63) is 0 Å². The van der Waals surface area contributed by atoms with Gasteiger partial charge in [-0.2, -0.15) is 0 Å². The average Bonchev–Trinajstić information content (AvgIpc) is 2.27. The fraction of sp³-hybridized carbons (Fsp3) is 0.833. The molecule has 100 valence electrons. The zero-order valence-electron chi connectivity index (χ0n) is 11.4. The number of carbonyl (C=O) groups excluding carboxylic acids is 2. The number of carbonyl (C=O) groups is 2. The molecule has 17 heavy (non-hydrogen) atoms. The smallest absolute Gasteiger partial charge is 0.409 e. The molecule has 1 atom stereocenters. The molecular formula is C12H23NO4. The molecule has 0 aliphatic heterocycles. The van der Waals surface area contributed by atoms with Crippen LogP contribution in [0.25, 0.3) is 0 Å². The Balaban J connectivity index is 4.51. The summed E-state index contributed by atoms with van der Waals surface area (Å²) in [5.74, 6) is -0.394. The molecule has 1 unspecified atom stereocenters. The van der Waals surface area contributed by atoms with E-state index in [9.17, 15) is 9.59 Å². The van der Waals surface area contributed by atoms with Crippen molar-refractivity contribution in [2.75, 3.05) is 20.8 Å². The molecule has 0 aromatic carbocycles. The van der Waals surface area contributed by atoms with Crippen LogP contribution in [0, 0.1) is 5.92 Å². The van der Waals surface area contributed by atoms with E-state index in [1.807, 2.05) is 20.8 Å². The first-order valence-corrected chi connectivity index (χ1v) is 5.93. The van der Waals surface area contributed by atoms with Crippen molar-refractivity contribution in [2.45, 2.75) is 39.7 Å². The molecule has 5 nitrogen and oxygen atoms in total. The van der Waals surface area contributed by atoms with Crippen LogP contribution in [-0.2, 0) is 14.3 Å². The Hall–Kier alpha value is -1.26. The van der Waals surface area contributed by atoms with Gasteiger partial charge in [-0.15, -0.1) is 0 Å². The Morgan fingerprint density at radius 2 is 1.88 bits per heavy atom. The molecule has 0 aromatic rings. The van der Waals surface area contributed by atoms with E-state index in [1.54, 1.807) is 0 Å². The van der Waals surface area contributed by atoms with Crippen LogP contribution in [0.3, 0.4) is 0 Å². The van der Waals surface area contributed by atoms with Gasteiger partial charge in [0.05, 0.1) is 13.7 Å². The maximum Gasteiger partial charge on any atom is 0.409 e. The summed E-state index contributed by atoms with van der Waals surface area (Å²) in [5.41, 5.74) is 0. The molecule has 0 saturated heterocycles. The Morgan fingerprint density at radius 1 is 1.29 bits per heavy atom.